The lowest BCUT2D eigenvalue weighted by molar-refractivity contribution is 0.255. The first-order valence-electron chi connectivity index (χ1n) is 6.65. The van der Waals surface area contributed by atoms with Crippen molar-refractivity contribution in [2.24, 2.45) is 0 Å². The van der Waals surface area contributed by atoms with Crippen LogP contribution >= 0.6 is 15.9 Å². The second kappa shape index (κ2) is 8.01. The van der Waals surface area contributed by atoms with Gasteiger partial charge in [-0.05, 0) is 41.5 Å². The first kappa shape index (κ1) is 15.0. The molecule has 1 aromatic carbocycles. The van der Waals surface area contributed by atoms with Gasteiger partial charge in [-0.1, -0.05) is 18.2 Å². The van der Waals surface area contributed by atoms with Crippen molar-refractivity contribution in [1.82, 2.24) is 19.7 Å². The van der Waals surface area contributed by atoms with Crippen LogP contribution in [0.15, 0.2) is 41.4 Å². The molecule has 20 heavy (non-hydrogen) atoms. The van der Waals surface area contributed by atoms with Gasteiger partial charge in [0.15, 0.2) is 0 Å². The highest BCUT2D eigenvalue weighted by Crippen LogP contribution is 2.08. The average molecular weight is 339 g/mol. The molecule has 0 saturated heterocycles. The number of benzene rings is 1. The lowest BCUT2D eigenvalue weighted by atomic mass is 10.3. The van der Waals surface area contributed by atoms with Crippen LogP contribution in [0.4, 0.5) is 0 Å². The van der Waals surface area contributed by atoms with E-state index in [0.717, 1.165) is 38.4 Å². The van der Waals surface area contributed by atoms with Crippen LogP contribution in [0, 0.1) is 0 Å². The van der Waals surface area contributed by atoms with Gasteiger partial charge >= 0.3 is 0 Å². The molecule has 2 aromatic rings. The normalized spacial score (nSPS) is 10.9. The molecule has 0 spiro atoms. The summed E-state index contributed by atoms with van der Waals surface area (Å²) in [5, 5.41) is 4.19. The van der Waals surface area contributed by atoms with E-state index in [0.29, 0.717) is 4.73 Å². The van der Waals surface area contributed by atoms with E-state index in [1.807, 2.05) is 35.0 Å². The summed E-state index contributed by atoms with van der Waals surface area (Å²) in [6.45, 7) is 3.53. The maximum absolute atomic E-state index is 5.66. The van der Waals surface area contributed by atoms with Gasteiger partial charge in [0.25, 0.3) is 0 Å². The Morgan fingerprint density at radius 1 is 1.25 bits per heavy atom. The molecule has 108 valence electrons. The maximum Gasteiger partial charge on any atom is 0.217 e. The van der Waals surface area contributed by atoms with Gasteiger partial charge in [0, 0.05) is 13.1 Å². The Kier molecular flexibility index (Phi) is 6.01. The number of aromatic nitrogens is 3. The Balaban J connectivity index is 1.57. The Morgan fingerprint density at radius 2 is 2.05 bits per heavy atom. The minimum absolute atomic E-state index is 0.636. The van der Waals surface area contributed by atoms with Crippen molar-refractivity contribution < 1.29 is 4.74 Å². The van der Waals surface area contributed by atoms with Crippen LogP contribution in [-0.4, -0.2) is 46.4 Å². The largest absolute Gasteiger partial charge is 0.494 e. The molecule has 0 aliphatic carbocycles. The molecule has 0 saturated carbocycles. The molecule has 1 aromatic heterocycles. The number of halogens is 1. The van der Waals surface area contributed by atoms with Crippen LogP contribution in [0.2, 0.25) is 0 Å². The minimum Gasteiger partial charge on any atom is -0.494 e. The number of rotatable bonds is 8. The van der Waals surface area contributed by atoms with E-state index in [1.54, 1.807) is 6.33 Å². The molecule has 2 rings (SSSR count). The highest BCUT2D eigenvalue weighted by atomic mass is 79.9. The molecule has 0 atom stereocenters. The van der Waals surface area contributed by atoms with Crippen molar-refractivity contribution in [3.05, 3.63) is 41.4 Å². The molecule has 0 aliphatic rings. The van der Waals surface area contributed by atoms with Gasteiger partial charge in [0.1, 0.15) is 12.1 Å². The third-order valence-electron chi connectivity index (χ3n) is 2.92. The van der Waals surface area contributed by atoms with E-state index in [1.165, 1.54) is 0 Å². The predicted molar refractivity (Wildman–Crippen MR) is 81.8 cm³/mol. The molecule has 5 nitrogen and oxygen atoms in total. The fourth-order valence-electron chi connectivity index (χ4n) is 1.81. The zero-order valence-corrected chi connectivity index (χ0v) is 13.2. The van der Waals surface area contributed by atoms with Crippen molar-refractivity contribution >= 4 is 15.9 Å². The third-order valence-corrected chi connectivity index (χ3v) is 3.28. The zero-order chi connectivity index (χ0) is 14.2. The summed E-state index contributed by atoms with van der Waals surface area (Å²) in [5.41, 5.74) is 0. The Bertz CT molecular complexity index is 503. The fraction of sp³-hybridized carbons (Fsp3) is 0.429. The summed E-state index contributed by atoms with van der Waals surface area (Å²) in [6, 6.07) is 9.91. The first-order valence-corrected chi connectivity index (χ1v) is 7.44. The van der Waals surface area contributed by atoms with Gasteiger partial charge in [-0.3, -0.25) is 4.68 Å². The third kappa shape index (κ3) is 5.30. The van der Waals surface area contributed by atoms with E-state index in [-0.39, 0.29) is 0 Å². The molecule has 0 amide bonds. The number of nitrogens with zero attached hydrogens (tertiary/aromatic N) is 4. The quantitative estimate of drug-likeness (QED) is 0.693. The van der Waals surface area contributed by atoms with E-state index >= 15 is 0 Å². The van der Waals surface area contributed by atoms with Crippen molar-refractivity contribution in [3.63, 3.8) is 0 Å². The molecule has 0 fully saturated rings. The summed E-state index contributed by atoms with van der Waals surface area (Å²) < 4.78 is 8.13. The fourth-order valence-corrected chi connectivity index (χ4v) is 2.10. The lowest BCUT2D eigenvalue weighted by Gasteiger charge is -2.16. The monoisotopic (exact) mass is 338 g/mol. The van der Waals surface area contributed by atoms with E-state index in [4.69, 9.17) is 4.74 Å². The predicted octanol–water partition coefficient (Wildman–Crippen LogP) is 2.44. The number of para-hydroxylation sites is 1. The van der Waals surface area contributed by atoms with Crippen molar-refractivity contribution in [1.29, 1.82) is 0 Å². The molecule has 1 heterocycles. The van der Waals surface area contributed by atoms with Gasteiger partial charge in [0.2, 0.25) is 4.73 Å². The molecule has 0 bridgehead atoms. The van der Waals surface area contributed by atoms with Gasteiger partial charge < -0.3 is 9.64 Å². The van der Waals surface area contributed by atoms with Crippen LogP contribution in [0.5, 0.6) is 5.75 Å². The van der Waals surface area contributed by atoms with Gasteiger partial charge in [-0.2, -0.15) is 0 Å². The van der Waals surface area contributed by atoms with Crippen LogP contribution in [0.1, 0.15) is 6.42 Å². The van der Waals surface area contributed by atoms with Gasteiger partial charge in [-0.15, -0.1) is 5.10 Å². The molecular formula is C14H19BrN4O. The number of hydrogen-bond acceptors (Lipinski definition) is 4. The highest BCUT2D eigenvalue weighted by molar-refractivity contribution is 9.10. The zero-order valence-electron chi connectivity index (χ0n) is 11.6. The SMILES string of the molecule is CN(CCCOc1ccccc1)CCn1cnc(Br)n1. The Hall–Kier alpha value is -1.40. The van der Waals surface area contributed by atoms with E-state index < -0.39 is 0 Å². The van der Waals surface area contributed by atoms with Crippen molar-refractivity contribution in [2.75, 3.05) is 26.7 Å². The smallest absolute Gasteiger partial charge is 0.217 e. The number of ether oxygens (including phenoxy) is 1. The molecule has 0 unspecified atom stereocenters. The van der Waals surface area contributed by atoms with Crippen molar-refractivity contribution in [3.8, 4) is 5.75 Å². The van der Waals surface area contributed by atoms with E-state index in [9.17, 15) is 0 Å². The summed E-state index contributed by atoms with van der Waals surface area (Å²) in [4.78, 5) is 6.30. The topological polar surface area (TPSA) is 43.2 Å². The maximum atomic E-state index is 5.66. The standard InChI is InChI=1S/C14H19BrN4O/c1-18(9-10-19-12-16-14(15)17-19)8-5-11-20-13-6-3-2-4-7-13/h2-4,6-7,12H,5,8-11H2,1H3. The molecule has 0 radical (unpaired) electrons. The minimum atomic E-state index is 0.636. The van der Waals surface area contributed by atoms with Gasteiger partial charge in [-0.25, -0.2) is 4.98 Å². The molecule has 0 N–H and O–H groups in total. The number of hydrogen-bond donors (Lipinski definition) is 0. The van der Waals surface area contributed by atoms with E-state index in [2.05, 4.69) is 38.0 Å². The first-order chi connectivity index (χ1) is 9.74. The number of likely N-dealkylation sites (N-methyl/N-ethyl adjacent to an activating group) is 1. The average Bonchev–Trinajstić information content (AvgIpc) is 2.88. The second-order valence-corrected chi connectivity index (χ2v) is 5.30. The van der Waals surface area contributed by atoms with Crippen LogP contribution < -0.4 is 4.74 Å². The molecule has 0 aliphatic heterocycles. The Labute approximate surface area is 127 Å². The van der Waals surface area contributed by atoms with Crippen LogP contribution in [0.3, 0.4) is 0 Å². The summed E-state index contributed by atoms with van der Waals surface area (Å²) >= 11 is 3.24. The molecule has 6 heteroatoms. The summed E-state index contributed by atoms with van der Waals surface area (Å²) in [7, 11) is 2.11. The van der Waals surface area contributed by atoms with Crippen LogP contribution in [0.25, 0.3) is 0 Å². The molecular weight excluding hydrogens is 320 g/mol. The highest BCUT2D eigenvalue weighted by Gasteiger charge is 2.01. The van der Waals surface area contributed by atoms with Crippen molar-refractivity contribution in [2.45, 2.75) is 13.0 Å². The Morgan fingerprint density at radius 3 is 2.75 bits per heavy atom. The summed E-state index contributed by atoms with van der Waals surface area (Å²) in [6.07, 6.45) is 2.74. The lowest BCUT2D eigenvalue weighted by Crippen LogP contribution is -2.25. The van der Waals surface area contributed by atoms with Crippen LogP contribution in [-0.2, 0) is 6.54 Å². The van der Waals surface area contributed by atoms with Gasteiger partial charge in [0.05, 0.1) is 13.2 Å². The summed E-state index contributed by atoms with van der Waals surface area (Å²) in [5.74, 6) is 0.933. The second-order valence-electron chi connectivity index (χ2n) is 4.60.